The summed E-state index contributed by atoms with van der Waals surface area (Å²) in [7, 11) is 0. The first-order valence-corrected chi connectivity index (χ1v) is 6.79. The van der Waals surface area contributed by atoms with Crippen LogP contribution in [0.5, 0.6) is 0 Å². The van der Waals surface area contributed by atoms with Crippen LogP contribution in [0.2, 0.25) is 0 Å². The first-order valence-electron chi connectivity index (χ1n) is 5.71. The van der Waals surface area contributed by atoms with Crippen LogP contribution in [0.3, 0.4) is 0 Å². The Kier molecular flexibility index (Phi) is 5.69. The molecule has 1 aromatic rings. The molecule has 0 aliphatic heterocycles. The number of benzene rings is 1. The fourth-order valence-electron chi connectivity index (χ4n) is 1.70. The molecular weight excluding hydrogens is 316 g/mol. The molecule has 0 fully saturated rings. The van der Waals surface area contributed by atoms with Gasteiger partial charge in [-0.1, -0.05) is 32.8 Å². The molecule has 0 saturated carbocycles. The van der Waals surface area contributed by atoms with Crippen molar-refractivity contribution in [2.24, 2.45) is 11.7 Å². The van der Waals surface area contributed by atoms with Crippen LogP contribution in [0.4, 0.5) is 4.39 Å². The second kappa shape index (κ2) is 6.55. The minimum atomic E-state index is -0.192. The van der Waals surface area contributed by atoms with Gasteiger partial charge in [0.15, 0.2) is 0 Å². The largest absolute Gasteiger partial charge is 0.324 e. The highest BCUT2D eigenvalue weighted by Crippen LogP contribution is 2.23. The first kappa shape index (κ1) is 13.9. The Labute approximate surface area is 111 Å². The van der Waals surface area contributed by atoms with E-state index in [1.54, 1.807) is 6.07 Å². The summed E-state index contributed by atoms with van der Waals surface area (Å²) < 4.78 is 13.8. The molecule has 1 nitrogen and oxygen atoms in total. The zero-order valence-corrected chi connectivity index (χ0v) is 12.0. The van der Waals surface area contributed by atoms with Crippen LogP contribution in [0.15, 0.2) is 18.2 Å². The summed E-state index contributed by atoms with van der Waals surface area (Å²) in [6.07, 6.45) is 3.30. The standard InChI is InChI=1S/C13H19FIN/c1-9(2)4-3-5-13(16)11-7-6-10(14)8-12(11)15/h6-9,13H,3-5,16H2,1-2H3. The van der Waals surface area contributed by atoms with Gasteiger partial charge in [0.1, 0.15) is 5.82 Å². The molecule has 0 aliphatic carbocycles. The van der Waals surface area contributed by atoms with Crippen LogP contribution in [0, 0.1) is 15.3 Å². The SMILES string of the molecule is CC(C)CCCC(N)c1ccc(F)cc1I. The highest BCUT2D eigenvalue weighted by molar-refractivity contribution is 14.1. The van der Waals surface area contributed by atoms with Crippen molar-refractivity contribution in [1.82, 2.24) is 0 Å². The maximum atomic E-state index is 12.9. The predicted octanol–water partition coefficient (Wildman–Crippen LogP) is 4.26. The first-order chi connectivity index (χ1) is 7.50. The Morgan fingerprint density at radius 2 is 2.00 bits per heavy atom. The van der Waals surface area contributed by atoms with Crippen LogP contribution >= 0.6 is 22.6 Å². The van der Waals surface area contributed by atoms with E-state index < -0.39 is 0 Å². The summed E-state index contributed by atoms with van der Waals surface area (Å²) >= 11 is 2.15. The van der Waals surface area contributed by atoms with Crippen molar-refractivity contribution < 1.29 is 4.39 Å². The highest BCUT2D eigenvalue weighted by Gasteiger charge is 2.10. The lowest BCUT2D eigenvalue weighted by molar-refractivity contribution is 0.504. The van der Waals surface area contributed by atoms with Crippen molar-refractivity contribution in [3.8, 4) is 0 Å². The third-order valence-electron chi connectivity index (χ3n) is 2.66. The van der Waals surface area contributed by atoms with Crippen molar-refractivity contribution in [3.05, 3.63) is 33.1 Å². The van der Waals surface area contributed by atoms with Crippen LogP contribution in [0.1, 0.15) is 44.7 Å². The van der Waals surface area contributed by atoms with Crippen molar-refractivity contribution in [3.63, 3.8) is 0 Å². The number of halogens is 2. The molecule has 0 aromatic heterocycles. The van der Waals surface area contributed by atoms with E-state index in [9.17, 15) is 4.39 Å². The molecule has 1 unspecified atom stereocenters. The topological polar surface area (TPSA) is 26.0 Å². The van der Waals surface area contributed by atoms with E-state index in [0.29, 0.717) is 0 Å². The summed E-state index contributed by atoms with van der Waals surface area (Å²) in [5, 5.41) is 0. The number of hydrogen-bond acceptors (Lipinski definition) is 1. The van der Waals surface area contributed by atoms with Crippen LogP contribution in [-0.4, -0.2) is 0 Å². The number of rotatable bonds is 5. The Morgan fingerprint density at radius 1 is 1.31 bits per heavy atom. The minimum Gasteiger partial charge on any atom is -0.324 e. The summed E-state index contributed by atoms with van der Waals surface area (Å²) in [4.78, 5) is 0. The smallest absolute Gasteiger partial charge is 0.124 e. The molecule has 2 N–H and O–H groups in total. The zero-order valence-electron chi connectivity index (χ0n) is 9.84. The zero-order chi connectivity index (χ0) is 12.1. The predicted molar refractivity (Wildman–Crippen MR) is 74.7 cm³/mol. The fourth-order valence-corrected chi connectivity index (χ4v) is 2.58. The van der Waals surface area contributed by atoms with Gasteiger partial charge in [-0.15, -0.1) is 0 Å². The molecule has 90 valence electrons. The molecular formula is C13H19FIN. The Morgan fingerprint density at radius 3 is 2.56 bits per heavy atom. The van der Waals surface area contributed by atoms with Crippen molar-refractivity contribution in [1.29, 1.82) is 0 Å². The highest BCUT2D eigenvalue weighted by atomic mass is 127. The van der Waals surface area contributed by atoms with Gasteiger partial charge >= 0.3 is 0 Å². The van der Waals surface area contributed by atoms with Gasteiger partial charge in [-0.05, 0) is 52.6 Å². The fraction of sp³-hybridized carbons (Fsp3) is 0.538. The maximum Gasteiger partial charge on any atom is 0.124 e. The third-order valence-corrected chi connectivity index (χ3v) is 3.59. The molecule has 0 spiro atoms. The van der Waals surface area contributed by atoms with Gasteiger partial charge in [0.25, 0.3) is 0 Å². The second-order valence-electron chi connectivity index (χ2n) is 4.60. The Bertz CT molecular complexity index is 339. The van der Waals surface area contributed by atoms with E-state index in [0.717, 1.165) is 27.9 Å². The molecule has 1 aromatic carbocycles. The average molecular weight is 335 g/mol. The van der Waals surface area contributed by atoms with Gasteiger partial charge in [0.2, 0.25) is 0 Å². The quantitative estimate of drug-likeness (QED) is 0.800. The average Bonchev–Trinajstić information content (AvgIpc) is 2.16. The molecule has 3 heteroatoms. The normalized spacial score (nSPS) is 13.1. The lowest BCUT2D eigenvalue weighted by Gasteiger charge is -2.14. The summed E-state index contributed by atoms with van der Waals surface area (Å²) in [5.74, 6) is 0.530. The van der Waals surface area contributed by atoms with Crippen molar-refractivity contribution >= 4 is 22.6 Å². The van der Waals surface area contributed by atoms with E-state index in [1.807, 2.05) is 0 Å². The van der Waals surface area contributed by atoms with Gasteiger partial charge in [0, 0.05) is 9.61 Å². The van der Waals surface area contributed by atoms with Gasteiger partial charge in [-0.3, -0.25) is 0 Å². The van der Waals surface area contributed by atoms with Gasteiger partial charge in [0.05, 0.1) is 0 Å². The van der Waals surface area contributed by atoms with Gasteiger partial charge < -0.3 is 5.73 Å². The maximum absolute atomic E-state index is 12.9. The molecule has 1 atom stereocenters. The number of hydrogen-bond donors (Lipinski definition) is 1. The van der Waals surface area contributed by atoms with Gasteiger partial charge in [-0.25, -0.2) is 4.39 Å². The molecule has 1 rings (SSSR count). The molecule has 0 amide bonds. The third kappa shape index (κ3) is 4.37. The van der Waals surface area contributed by atoms with Crippen LogP contribution < -0.4 is 5.73 Å². The lowest BCUT2D eigenvalue weighted by atomic mass is 9.99. The molecule has 0 heterocycles. The van der Waals surface area contributed by atoms with E-state index in [4.69, 9.17) is 5.73 Å². The monoisotopic (exact) mass is 335 g/mol. The molecule has 0 saturated heterocycles. The van der Waals surface area contributed by atoms with Crippen molar-refractivity contribution in [2.75, 3.05) is 0 Å². The van der Waals surface area contributed by atoms with E-state index in [2.05, 4.69) is 36.4 Å². The molecule has 16 heavy (non-hydrogen) atoms. The van der Waals surface area contributed by atoms with Crippen LogP contribution in [0.25, 0.3) is 0 Å². The van der Waals surface area contributed by atoms with Gasteiger partial charge in [-0.2, -0.15) is 0 Å². The van der Waals surface area contributed by atoms with Crippen LogP contribution in [-0.2, 0) is 0 Å². The molecule has 0 bridgehead atoms. The summed E-state index contributed by atoms with van der Waals surface area (Å²) in [5.41, 5.74) is 7.17. The number of nitrogens with two attached hydrogens (primary N) is 1. The summed E-state index contributed by atoms with van der Waals surface area (Å²) in [6, 6.07) is 4.86. The van der Waals surface area contributed by atoms with E-state index in [-0.39, 0.29) is 11.9 Å². The van der Waals surface area contributed by atoms with E-state index in [1.165, 1.54) is 18.6 Å². The molecule has 0 radical (unpaired) electrons. The Hall–Kier alpha value is -0.160. The minimum absolute atomic E-state index is 0.0336. The second-order valence-corrected chi connectivity index (χ2v) is 5.76. The van der Waals surface area contributed by atoms with Crippen molar-refractivity contribution in [2.45, 2.75) is 39.2 Å². The summed E-state index contributed by atoms with van der Waals surface area (Å²) in [6.45, 7) is 4.43. The lowest BCUT2D eigenvalue weighted by Crippen LogP contribution is -2.12. The van der Waals surface area contributed by atoms with E-state index >= 15 is 0 Å². The molecule has 0 aliphatic rings. The Balaban J connectivity index is 2.55.